The van der Waals surface area contributed by atoms with Gasteiger partial charge in [-0.05, 0) is 23.8 Å². The van der Waals surface area contributed by atoms with E-state index in [-0.39, 0.29) is 12.2 Å². The number of fused-ring (bicyclic) bond motifs is 1. The van der Waals surface area contributed by atoms with Gasteiger partial charge in [0, 0.05) is 12.1 Å². The fourth-order valence-electron chi connectivity index (χ4n) is 3.21. The van der Waals surface area contributed by atoms with Gasteiger partial charge in [0.1, 0.15) is 11.8 Å². The number of halogens is 2. The van der Waals surface area contributed by atoms with E-state index in [9.17, 15) is 22.5 Å². The number of hydrogen-bond donors (Lipinski definition) is 2. The SMILES string of the molecule is N#Cc1cnc2ccc(-c3c(-c4cccc(CN[SH](=O)=O)c4)ncn3CC(F)F)nn12. The highest BCUT2D eigenvalue weighted by Gasteiger charge is 2.20. The standard InChI is InChI=1S/C19H15F2N7O2S/c20-16(21)10-27-11-24-18(13-3-1-2-12(6-13)8-25-31(29)30)19(27)15-4-5-17-23-9-14(7-22)28(17)26-15/h1-6,9,11,16,31H,8,10H2,(H,25,29,30). The van der Waals surface area contributed by atoms with Gasteiger partial charge in [-0.1, -0.05) is 18.2 Å². The zero-order valence-electron chi connectivity index (χ0n) is 15.8. The van der Waals surface area contributed by atoms with Crippen LogP contribution in [0.4, 0.5) is 8.78 Å². The highest BCUT2D eigenvalue weighted by molar-refractivity contribution is 7.70. The molecule has 9 nitrogen and oxygen atoms in total. The Morgan fingerprint density at radius 1 is 1.19 bits per heavy atom. The van der Waals surface area contributed by atoms with E-state index in [1.54, 1.807) is 36.4 Å². The van der Waals surface area contributed by atoms with E-state index in [2.05, 4.69) is 19.8 Å². The van der Waals surface area contributed by atoms with Gasteiger partial charge in [-0.2, -0.15) is 10.4 Å². The van der Waals surface area contributed by atoms with Crippen molar-refractivity contribution >= 4 is 16.5 Å². The van der Waals surface area contributed by atoms with Crippen LogP contribution in [-0.4, -0.2) is 39.0 Å². The number of rotatable bonds is 7. The smallest absolute Gasteiger partial charge is 0.256 e. The van der Waals surface area contributed by atoms with E-state index in [4.69, 9.17) is 0 Å². The van der Waals surface area contributed by atoms with Crippen LogP contribution in [0.25, 0.3) is 28.3 Å². The third-order valence-corrected chi connectivity index (χ3v) is 4.92. The quantitative estimate of drug-likeness (QED) is 0.422. The van der Waals surface area contributed by atoms with Crippen molar-refractivity contribution in [2.45, 2.75) is 19.5 Å². The Labute approximate surface area is 176 Å². The molecule has 0 aliphatic heterocycles. The van der Waals surface area contributed by atoms with E-state index < -0.39 is 23.9 Å². The summed E-state index contributed by atoms with van der Waals surface area (Å²) >= 11 is 0. The van der Waals surface area contributed by atoms with Crippen molar-refractivity contribution in [2.24, 2.45) is 0 Å². The van der Waals surface area contributed by atoms with Gasteiger partial charge in [0.25, 0.3) is 6.43 Å². The Morgan fingerprint density at radius 2 is 2.03 bits per heavy atom. The summed E-state index contributed by atoms with van der Waals surface area (Å²) in [6, 6.07) is 12.2. The summed E-state index contributed by atoms with van der Waals surface area (Å²) in [6.07, 6.45) is 0.0681. The van der Waals surface area contributed by atoms with E-state index in [0.29, 0.717) is 33.9 Å². The third kappa shape index (κ3) is 4.27. The van der Waals surface area contributed by atoms with Crippen molar-refractivity contribution < 1.29 is 17.2 Å². The minimum Gasteiger partial charge on any atom is -0.323 e. The van der Waals surface area contributed by atoms with Gasteiger partial charge < -0.3 is 4.57 Å². The topological polar surface area (TPSA) is 118 Å². The van der Waals surface area contributed by atoms with Gasteiger partial charge in [-0.15, -0.1) is 0 Å². The maximum atomic E-state index is 13.2. The summed E-state index contributed by atoms with van der Waals surface area (Å²) in [4.78, 5) is 8.41. The molecule has 0 saturated heterocycles. The second-order valence-corrected chi connectivity index (χ2v) is 7.35. The first kappa shape index (κ1) is 20.6. The third-order valence-electron chi connectivity index (χ3n) is 4.50. The molecule has 0 bridgehead atoms. The normalized spacial score (nSPS) is 11.5. The van der Waals surface area contributed by atoms with Crippen LogP contribution < -0.4 is 4.72 Å². The molecule has 3 aromatic heterocycles. The molecule has 0 saturated carbocycles. The number of nitrogens with zero attached hydrogens (tertiary/aromatic N) is 6. The number of benzene rings is 1. The molecule has 4 aromatic rings. The number of thiol groups is 1. The van der Waals surface area contributed by atoms with Gasteiger partial charge in [-0.3, -0.25) is 0 Å². The Morgan fingerprint density at radius 3 is 2.77 bits per heavy atom. The van der Waals surface area contributed by atoms with Crippen molar-refractivity contribution in [3.05, 3.63) is 60.2 Å². The zero-order valence-corrected chi connectivity index (χ0v) is 16.7. The van der Waals surface area contributed by atoms with Crippen molar-refractivity contribution in [1.29, 1.82) is 5.26 Å². The van der Waals surface area contributed by atoms with Crippen LogP contribution in [0.2, 0.25) is 0 Å². The van der Waals surface area contributed by atoms with Gasteiger partial charge >= 0.3 is 0 Å². The molecular weight excluding hydrogens is 428 g/mol. The predicted octanol–water partition coefficient (Wildman–Crippen LogP) is 2.01. The number of alkyl halides is 2. The molecule has 1 aromatic carbocycles. The summed E-state index contributed by atoms with van der Waals surface area (Å²) in [7, 11) is -2.75. The van der Waals surface area contributed by atoms with E-state index in [0.717, 1.165) is 0 Å². The van der Waals surface area contributed by atoms with Crippen molar-refractivity contribution in [2.75, 3.05) is 0 Å². The molecule has 4 rings (SSSR count). The molecule has 31 heavy (non-hydrogen) atoms. The van der Waals surface area contributed by atoms with Gasteiger partial charge in [-0.25, -0.2) is 36.4 Å². The number of aromatic nitrogens is 5. The average molecular weight is 443 g/mol. The zero-order chi connectivity index (χ0) is 22.0. The summed E-state index contributed by atoms with van der Waals surface area (Å²) in [5.41, 5.74) is 3.02. The Balaban J connectivity index is 1.85. The number of hydrogen-bond acceptors (Lipinski definition) is 6. The monoisotopic (exact) mass is 443 g/mol. The Bertz CT molecular complexity index is 1360. The fraction of sp³-hybridized carbons (Fsp3) is 0.158. The molecule has 0 fully saturated rings. The second kappa shape index (κ2) is 8.58. The first-order valence-electron chi connectivity index (χ1n) is 9.02. The van der Waals surface area contributed by atoms with E-state index >= 15 is 0 Å². The molecule has 0 amide bonds. The van der Waals surface area contributed by atoms with Crippen molar-refractivity contribution in [1.82, 2.24) is 28.9 Å². The largest absolute Gasteiger partial charge is 0.323 e. The van der Waals surface area contributed by atoms with Gasteiger partial charge in [0.2, 0.25) is 10.9 Å². The molecule has 0 atom stereocenters. The highest BCUT2D eigenvalue weighted by atomic mass is 32.2. The fourth-order valence-corrected chi connectivity index (χ4v) is 3.52. The number of nitrogens with one attached hydrogen (secondary N) is 1. The van der Waals surface area contributed by atoms with Crippen LogP contribution in [0.5, 0.6) is 0 Å². The molecule has 0 radical (unpaired) electrons. The molecule has 0 spiro atoms. The lowest BCUT2D eigenvalue weighted by atomic mass is 10.1. The molecular formula is C19H15F2N7O2S. The molecule has 0 aliphatic carbocycles. The van der Waals surface area contributed by atoms with Crippen LogP contribution >= 0.6 is 0 Å². The lowest BCUT2D eigenvalue weighted by Gasteiger charge is -2.11. The number of imidazole rings is 2. The Kier molecular flexibility index (Phi) is 5.70. The molecule has 3 heterocycles. The molecule has 0 aliphatic rings. The molecule has 158 valence electrons. The first-order chi connectivity index (χ1) is 15.0. The summed E-state index contributed by atoms with van der Waals surface area (Å²) < 4.78 is 53.0. The van der Waals surface area contributed by atoms with Gasteiger partial charge in [0.05, 0.1) is 30.5 Å². The van der Waals surface area contributed by atoms with Gasteiger partial charge in [0.15, 0.2) is 11.3 Å². The lowest BCUT2D eigenvalue weighted by Crippen LogP contribution is -2.10. The summed E-state index contributed by atoms with van der Waals surface area (Å²) in [5.74, 6) is 0. The van der Waals surface area contributed by atoms with E-state index in [1.165, 1.54) is 21.6 Å². The average Bonchev–Trinajstić information content (AvgIpc) is 3.35. The predicted molar refractivity (Wildman–Crippen MR) is 108 cm³/mol. The molecule has 1 N–H and O–H groups in total. The lowest BCUT2D eigenvalue weighted by molar-refractivity contribution is 0.127. The Hall–Kier alpha value is -3.69. The summed E-state index contributed by atoms with van der Waals surface area (Å²) in [6.45, 7) is -0.501. The number of nitriles is 1. The molecule has 12 heteroatoms. The minimum atomic E-state index is -2.75. The van der Waals surface area contributed by atoms with Crippen molar-refractivity contribution in [3.8, 4) is 28.7 Å². The molecule has 0 unspecified atom stereocenters. The van der Waals surface area contributed by atoms with Crippen LogP contribution in [0.3, 0.4) is 0 Å². The van der Waals surface area contributed by atoms with Crippen LogP contribution in [-0.2, 0) is 24.0 Å². The highest BCUT2D eigenvalue weighted by Crippen LogP contribution is 2.31. The van der Waals surface area contributed by atoms with Crippen LogP contribution in [0, 0.1) is 11.3 Å². The van der Waals surface area contributed by atoms with Crippen LogP contribution in [0.15, 0.2) is 48.9 Å². The maximum absolute atomic E-state index is 13.2. The minimum absolute atomic E-state index is 0.0877. The first-order valence-corrected chi connectivity index (χ1v) is 10.2. The maximum Gasteiger partial charge on any atom is 0.256 e. The van der Waals surface area contributed by atoms with Crippen molar-refractivity contribution in [3.63, 3.8) is 0 Å². The second-order valence-electron chi connectivity index (χ2n) is 6.52. The van der Waals surface area contributed by atoms with E-state index in [1.807, 2.05) is 6.07 Å². The summed E-state index contributed by atoms with van der Waals surface area (Å²) in [5, 5.41) is 13.7. The van der Waals surface area contributed by atoms with Crippen LogP contribution in [0.1, 0.15) is 11.3 Å².